The van der Waals surface area contributed by atoms with Gasteiger partial charge in [-0.05, 0) is 42.9 Å². The minimum absolute atomic E-state index is 0.0946. The number of aromatic nitrogens is 1. The molecule has 2 aliphatic rings. The van der Waals surface area contributed by atoms with Crippen LogP contribution in [0, 0.1) is 5.92 Å². The Kier molecular flexibility index (Phi) is 8.01. The van der Waals surface area contributed by atoms with Crippen molar-refractivity contribution in [3.8, 4) is 5.75 Å². The van der Waals surface area contributed by atoms with Crippen molar-refractivity contribution in [1.29, 1.82) is 0 Å². The monoisotopic (exact) mass is 476 g/mol. The molecule has 0 spiro atoms. The fraction of sp³-hybridized carbons (Fsp3) is 0.483. The van der Waals surface area contributed by atoms with Crippen LogP contribution in [0.3, 0.4) is 0 Å². The van der Waals surface area contributed by atoms with E-state index >= 15 is 0 Å². The van der Waals surface area contributed by atoms with E-state index in [9.17, 15) is 4.79 Å². The van der Waals surface area contributed by atoms with Crippen molar-refractivity contribution in [2.24, 2.45) is 5.92 Å². The fourth-order valence-electron chi connectivity index (χ4n) is 5.14. The standard InChI is InChI=1S/C29H36N2O4/c32-29(30-14-18-34-19-15-30)27-21-31(13-5-4-6-23-11-16-33-17-12-23)28-20-25(9-10-26(27)28)35-22-24-7-2-1-3-8-24/h1-3,7-10,20-21,23H,4-6,11-19,22H2. The van der Waals surface area contributed by atoms with Gasteiger partial charge in [-0.3, -0.25) is 4.79 Å². The summed E-state index contributed by atoms with van der Waals surface area (Å²) in [6, 6.07) is 16.3. The summed E-state index contributed by atoms with van der Waals surface area (Å²) in [6.07, 6.45) is 7.98. The molecule has 2 aliphatic heterocycles. The van der Waals surface area contributed by atoms with Crippen LogP contribution in [-0.2, 0) is 22.6 Å². The topological polar surface area (TPSA) is 52.9 Å². The maximum absolute atomic E-state index is 13.4. The molecule has 2 fully saturated rings. The molecule has 0 saturated carbocycles. The lowest BCUT2D eigenvalue weighted by Gasteiger charge is -2.26. The van der Waals surface area contributed by atoms with E-state index in [2.05, 4.69) is 29.0 Å². The van der Waals surface area contributed by atoms with Gasteiger partial charge < -0.3 is 23.7 Å². The molecule has 0 aliphatic carbocycles. The van der Waals surface area contributed by atoms with E-state index in [-0.39, 0.29) is 5.91 Å². The third-order valence-corrected chi connectivity index (χ3v) is 7.23. The summed E-state index contributed by atoms with van der Waals surface area (Å²) < 4.78 is 19.3. The molecule has 1 amide bonds. The zero-order chi connectivity index (χ0) is 23.9. The summed E-state index contributed by atoms with van der Waals surface area (Å²) in [4.78, 5) is 15.3. The van der Waals surface area contributed by atoms with E-state index < -0.39 is 0 Å². The molecule has 0 N–H and O–H groups in total. The van der Waals surface area contributed by atoms with Crippen LogP contribution in [-0.4, -0.2) is 54.9 Å². The number of hydrogen-bond acceptors (Lipinski definition) is 4. The summed E-state index contributed by atoms with van der Waals surface area (Å²) in [5, 5.41) is 0.998. The Hall–Kier alpha value is -2.83. The first kappa shape index (κ1) is 23.9. The molecular formula is C29H36N2O4. The lowest BCUT2D eigenvalue weighted by Crippen LogP contribution is -2.40. The number of amides is 1. The number of hydrogen-bond donors (Lipinski definition) is 0. The second-order valence-corrected chi connectivity index (χ2v) is 9.65. The second kappa shape index (κ2) is 11.7. The number of nitrogens with zero attached hydrogens (tertiary/aromatic N) is 2. The average molecular weight is 477 g/mol. The van der Waals surface area contributed by atoms with E-state index in [1.54, 1.807) is 0 Å². The summed E-state index contributed by atoms with van der Waals surface area (Å²) in [6.45, 7) is 5.75. The Bertz CT molecular complexity index is 1100. The van der Waals surface area contributed by atoms with Gasteiger partial charge in [0.25, 0.3) is 5.91 Å². The van der Waals surface area contributed by atoms with E-state index in [0.29, 0.717) is 32.9 Å². The van der Waals surface area contributed by atoms with Gasteiger partial charge in [0, 0.05) is 50.5 Å². The van der Waals surface area contributed by atoms with Crippen molar-refractivity contribution in [2.75, 3.05) is 39.5 Å². The van der Waals surface area contributed by atoms with Gasteiger partial charge in [-0.25, -0.2) is 0 Å². The van der Waals surface area contributed by atoms with Gasteiger partial charge >= 0.3 is 0 Å². The number of fused-ring (bicyclic) bond motifs is 1. The van der Waals surface area contributed by atoms with Crippen molar-refractivity contribution >= 4 is 16.8 Å². The predicted molar refractivity (Wildman–Crippen MR) is 137 cm³/mol. The van der Waals surface area contributed by atoms with Gasteiger partial charge in [0.1, 0.15) is 12.4 Å². The lowest BCUT2D eigenvalue weighted by atomic mass is 9.94. The highest BCUT2D eigenvalue weighted by molar-refractivity contribution is 6.07. The first-order chi connectivity index (χ1) is 17.3. The largest absolute Gasteiger partial charge is 0.489 e. The highest BCUT2D eigenvalue weighted by atomic mass is 16.5. The summed E-state index contributed by atoms with van der Waals surface area (Å²) in [7, 11) is 0. The fourth-order valence-corrected chi connectivity index (χ4v) is 5.14. The number of carbonyl (C=O) groups is 1. The van der Waals surface area contributed by atoms with Crippen LogP contribution in [0.15, 0.2) is 54.7 Å². The summed E-state index contributed by atoms with van der Waals surface area (Å²) in [5.74, 6) is 1.71. The Labute approximate surface area is 207 Å². The number of morpholine rings is 1. The minimum Gasteiger partial charge on any atom is -0.489 e. The Morgan fingerprint density at radius 3 is 2.51 bits per heavy atom. The van der Waals surface area contributed by atoms with Crippen LogP contribution in [0.4, 0.5) is 0 Å². The normalized spacial score (nSPS) is 17.1. The molecule has 2 aromatic carbocycles. The zero-order valence-corrected chi connectivity index (χ0v) is 20.5. The first-order valence-electron chi connectivity index (χ1n) is 13.0. The van der Waals surface area contributed by atoms with Crippen molar-refractivity contribution in [3.05, 3.63) is 65.9 Å². The highest BCUT2D eigenvalue weighted by Crippen LogP contribution is 2.29. The molecule has 6 nitrogen and oxygen atoms in total. The van der Waals surface area contributed by atoms with Crippen LogP contribution >= 0.6 is 0 Å². The van der Waals surface area contributed by atoms with Crippen molar-refractivity contribution < 1.29 is 19.0 Å². The molecule has 0 radical (unpaired) electrons. The van der Waals surface area contributed by atoms with Crippen LogP contribution in [0.2, 0.25) is 0 Å². The maximum atomic E-state index is 13.4. The van der Waals surface area contributed by atoms with Crippen LogP contribution in [0.1, 0.15) is 48.0 Å². The summed E-state index contributed by atoms with van der Waals surface area (Å²) >= 11 is 0. The number of ether oxygens (including phenoxy) is 3. The van der Waals surface area contributed by atoms with Crippen molar-refractivity contribution in [3.63, 3.8) is 0 Å². The number of carbonyl (C=O) groups excluding carboxylic acids is 1. The molecule has 35 heavy (non-hydrogen) atoms. The van der Waals surface area contributed by atoms with Crippen LogP contribution < -0.4 is 4.74 Å². The number of rotatable bonds is 9. The molecule has 2 saturated heterocycles. The molecule has 0 unspecified atom stereocenters. The highest BCUT2D eigenvalue weighted by Gasteiger charge is 2.23. The molecule has 6 heteroatoms. The van der Waals surface area contributed by atoms with E-state index in [1.807, 2.05) is 35.2 Å². The third kappa shape index (κ3) is 6.06. The van der Waals surface area contributed by atoms with Crippen LogP contribution in [0.5, 0.6) is 5.75 Å². The van der Waals surface area contributed by atoms with Gasteiger partial charge in [-0.2, -0.15) is 0 Å². The SMILES string of the molecule is O=C(c1cn(CCCCC2CCOCC2)c2cc(OCc3ccccc3)ccc12)N1CCOCC1. The van der Waals surface area contributed by atoms with E-state index in [4.69, 9.17) is 14.2 Å². The van der Waals surface area contributed by atoms with E-state index in [1.165, 1.54) is 25.7 Å². The smallest absolute Gasteiger partial charge is 0.256 e. The quantitative estimate of drug-likeness (QED) is 0.394. The van der Waals surface area contributed by atoms with Gasteiger partial charge in [-0.15, -0.1) is 0 Å². The summed E-state index contributed by atoms with van der Waals surface area (Å²) in [5.41, 5.74) is 2.98. The van der Waals surface area contributed by atoms with Gasteiger partial charge in [0.2, 0.25) is 0 Å². The third-order valence-electron chi connectivity index (χ3n) is 7.23. The van der Waals surface area contributed by atoms with E-state index in [0.717, 1.165) is 59.9 Å². The molecule has 3 aromatic rings. The number of unbranched alkanes of at least 4 members (excludes halogenated alkanes) is 1. The van der Waals surface area contributed by atoms with Gasteiger partial charge in [0.15, 0.2) is 0 Å². The molecule has 186 valence electrons. The molecule has 0 bridgehead atoms. The first-order valence-corrected chi connectivity index (χ1v) is 13.0. The Morgan fingerprint density at radius 2 is 1.71 bits per heavy atom. The Balaban J connectivity index is 1.32. The molecular weight excluding hydrogens is 440 g/mol. The minimum atomic E-state index is 0.0946. The maximum Gasteiger partial charge on any atom is 0.256 e. The number of benzene rings is 2. The molecule has 5 rings (SSSR count). The van der Waals surface area contributed by atoms with Crippen LogP contribution in [0.25, 0.3) is 10.9 Å². The Morgan fingerprint density at radius 1 is 0.943 bits per heavy atom. The van der Waals surface area contributed by atoms with Gasteiger partial charge in [0.05, 0.1) is 24.3 Å². The zero-order valence-electron chi connectivity index (χ0n) is 20.5. The lowest BCUT2D eigenvalue weighted by molar-refractivity contribution is 0.0304. The molecule has 1 aromatic heterocycles. The number of aryl methyl sites for hydroxylation is 1. The molecule has 0 atom stereocenters. The molecule has 3 heterocycles. The van der Waals surface area contributed by atoms with Gasteiger partial charge in [-0.1, -0.05) is 43.2 Å². The average Bonchev–Trinajstić information content (AvgIpc) is 3.29. The van der Waals surface area contributed by atoms with Crippen molar-refractivity contribution in [1.82, 2.24) is 9.47 Å². The predicted octanol–water partition coefficient (Wildman–Crippen LogP) is 5.29. The second-order valence-electron chi connectivity index (χ2n) is 9.65. The van der Waals surface area contributed by atoms with Crippen molar-refractivity contribution in [2.45, 2.75) is 45.3 Å².